The van der Waals surface area contributed by atoms with Crippen molar-refractivity contribution in [2.75, 3.05) is 11.9 Å². The third-order valence-electron chi connectivity index (χ3n) is 2.77. The van der Waals surface area contributed by atoms with E-state index in [0.717, 1.165) is 12.0 Å². The zero-order valence-corrected chi connectivity index (χ0v) is 11.8. The molecule has 0 radical (unpaired) electrons. The van der Waals surface area contributed by atoms with E-state index < -0.39 is 0 Å². The lowest BCUT2D eigenvalue weighted by Crippen LogP contribution is -2.05. The van der Waals surface area contributed by atoms with Gasteiger partial charge in [-0.2, -0.15) is 5.10 Å². The molecule has 0 fully saturated rings. The molecule has 0 unspecified atom stereocenters. The van der Waals surface area contributed by atoms with Gasteiger partial charge in [0.2, 0.25) is 0 Å². The van der Waals surface area contributed by atoms with Gasteiger partial charge in [-0.3, -0.25) is 14.8 Å². The first-order chi connectivity index (χ1) is 9.60. The van der Waals surface area contributed by atoms with Crippen LogP contribution >= 0.6 is 11.6 Å². The Bertz CT molecular complexity index is 612. The Kier molecular flexibility index (Phi) is 4.57. The molecule has 0 spiro atoms. The zero-order chi connectivity index (χ0) is 14.5. The van der Waals surface area contributed by atoms with Gasteiger partial charge in [0.25, 0.3) is 5.69 Å². The van der Waals surface area contributed by atoms with E-state index in [9.17, 15) is 10.1 Å². The third kappa shape index (κ3) is 3.48. The fraction of sp³-hybridized carbons (Fsp3) is 0.308. The molecule has 1 aromatic heterocycles. The van der Waals surface area contributed by atoms with Crippen molar-refractivity contribution in [1.82, 2.24) is 9.78 Å². The van der Waals surface area contributed by atoms with Crippen molar-refractivity contribution in [3.8, 4) is 0 Å². The first kappa shape index (κ1) is 14.3. The molecule has 1 N–H and O–H groups in total. The number of nitro groups is 1. The van der Waals surface area contributed by atoms with E-state index >= 15 is 0 Å². The van der Waals surface area contributed by atoms with Crippen LogP contribution in [0.15, 0.2) is 30.6 Å². The lowest BCUT2D eigenvalue weighted by atomic mass is 10.1. The van der Waals surface area contributed by atoms with Crippen molar-refractivity contribution in [2.24, 2.45) is 0 Å². The molecule has 0 aliphatic carbocycles. The maximum absolute atomic E-state index is 11.0. The van der Waals surface area contributed by atoms with Gasteiger partial charge in [0.1, 0.15) is 5.69 Å². The van der Waals surface area contributed by atoms with Crippen LogP contribution in [0.1, 0.15) is 18.9 Å². The summed E-state index contributed by atoms with van der Waals surface area (Å²) in [6.45, 7) is 3.22. The predicted octanol–water partition coefficient (Wildman–Crippen LogP) is 3.31. The number of nitrogens with zero attached hydrogens (tertiary/aromatic N) is 3. The van der Waals surface area contributed by atoms with Crippen molar-refractivity contribution in [3.05, 3.63) is 51.3 Å². The molecule has 0 bridgehead atoms. The van der Waals surface area contributed by atoms with Gasteiger partial charge in [0, 0.05) is 18.8 Å². The lowest BCUT2D eigenvalue weighted by Gasteiger charge is -2.08. The van der Waals surface area contributed by atoms with Gasteiger partial charge >= 0.3 is 0 Å². The van der Waals surface area contributed by atoms with Crippen LogP contribution in [0.2, 0.25) is 5.02 Å². The normalized spacial score (nSPS) is 10.5. The summed E-state index contributed by atoms with van der Waals surface area (Å²) in [4.78, 5) is 10.6. The largest absolute Gasteiger partial charge is 0.379 e. The third-order valence-corrected chi connectivity index (χ3v) is 2.96. The highest BCUT2D eigenvalue weighted by Crippen LogP contribution is 2.26. The molecule has 0 aliphatic rings. The number of anilines is 1. The van der Waals surface area contributed by atoms with E-state index in [-0.39, 0.29) is 10.6 Å². The van der Waals surface area contributed by atoms with Gasteiger partial charge in [0.15, 0.2) is 0 Å². The molecular weight excluding hydrogens is 280 g/mol. The number of nitro benzene ring substituents is 1. The fourth-order valence-corrected chi connectivity index (χ4v) is 2.01. The number of benzene rings is 1. The Hall–Kier alpha value is -2.08. The van der Waals surface area contributed by atoms with Crippen molar-refractivity contribution in [2.45, 2.75) is 19.9 Å². The van der Waals surface area contributed by atoms with E-state index in [4.69, 9.17) is 11.6 Å². The Morgan fingerprint density at radius 3 is 2.90 bits per heavy atom. The van der Waals surface area contributed by atoms with Crippen LogP contribution in [0, 0.1) is 10.1 Å². The SMILES string of the molecule is CCCNc1cc(Cn2cc(Cl)cn2)ccc1[N+](=O)[O-]. The molecule has 6 nitrogen and oxygen atoms in total. The summed E-state index contributed by atoms with van der Waals surface area (Å²) in [6, 6.07) is 5.02. The minimum Gasteiger partial charge on any atom is -0.379 e. The molecular formula is C13H15ClN4O2. The highest BCUT2D eigenvalue weighted by molar-refractivity contribution is 6.30. The average molecular weight is 295 g/mol. The summed E-state index contributed by atoms with van der Waals surface area (Å²) < 4.78 is 1.69. The van der Waals surface area contributed by atoms with Crippen LogP contribution in [-0.2, 0) is 6.54 Å². The average Bonchev–Trinajstić information content (AvgIpc) is 2.81. The first-order valence-corrected chi connectivity index (χ1v) is 6.67. The molecule has 20 heavy (non-hydrogen) atoms. The summed E-state index contributed by atoms with van der Waals surface area (Å²) >= 11 is 5.81. The number of aromatic nitrogens is 2. The Labute approximate surface area is 121 Å². The van der Waals surface area contributed by atoms with Gasteiger partial charge < -0.3 is 5.32 Å². The Morgan fingerprint density at radius 1 is 1.50 bits per heavy atom. The second-order valence-electron chi connectivity index (χ2n) is 4.39. The van der Waals surface area contributed by atoms with E-state index in [1.165, 1.54) is 6.07 Å². The van der Waals surface area contributed by atoms with Crippen LogP contribution < -0.4 is 5.32 Å². The fourth-order valence-electron chi connectivity index (χ4n) is 1.85. The summed E-state index contributed by atoms with van der Waals surface area (Å²) in [5, 5.41) is 18.7. The molecule has 0 aliphatic heterocycles. The Balaban J connectivity index is 2.24. The standard InChI is InChI=1S/C13H15ClN4O2/c1-2-5-15-12-6-10(3-4-13(12)18(19)20)8-17-9-11(14)7-16-17/h3-4,6-7,9,15H,2,5,8H2,1H3. The van der Waals surface area contributed by atoms with Gasteiger partial charge in [-0.25, -0.2) is 0 Å². The maximum Gasteiger partial charge on any atom is 0.292 e. The van der Waals surface area contributed by atoms with Crippen molar-refractivity contribution in [1.29, 1.82) is 0 Å². The molecule has 2 aromatic rings. The van der Waals surface area contributed by atoms with Crippen molar-refractivity contribution in [3.63, 3.8) is 0 Å². The van der Waals surface area contributed by atoms with E-state index in [1.807, 2.05) is 6.92 Å². The van der Waals surface area contributed by atoms with Crippen LogP contribution in [-0.4, -0.2) is 21.2 Å². The minimum atomic E-state index is -0.382. The zero-order valence-electron chi connectivity index (χ0n) is 11.0. The molecule has 1 aromatic carbocycles. The molecule has 106 valence electrons. The molecule has 0 saturated carbocycles. The number of hydrogen-bond donors (Lipinski definition) is 1. The van der Waals surface area contributed by atoms with Crippen LogP contribution in [0.3, 0.4) is 0 Å². The maximum atomic E-state index is 11.0. The van der Waals surface area contributed by atoms with Gasteiger partial charge in [-0.1, -0.05) is 24.6 Å². The molecule has 0 atom stereocenters. The van der Waals surface area contributed by atoms with Crippen LogP contribution in [0.4, 0.5) is 11.4 Å². The molecule has 7 heteroatoms. The van der Waals surface area contributed by atoms with Gasteiger partial charge in [0.05, 0.1) is 22.7 Å². The summed E-state index contributed by atoms with van der Waals surface area (Å²) in [5.41, 5.74) is 1.54. The topological polar surface area (TPSA) is 73.0 Å². The van der Waals surface area contributed by atoms with Gasteiger partial charge in [-0.05, 0) is 18.1 Å². The number of halogens is 1. The monoisotopic (exact) mass is 294 g/mol. The summed E-state index contributed by atoms with van der Waals surface area (Å²) in [7, 11) is 0. The molecule has 0 saturated heterocycles. The number of rotatable bonds is 6. The summed E-state index contributed by atoms with van der Waals surface area (Å²) in [5.74, 6) is 0. The van der Waals surface area contributed by atoms with E-state index in [0.29, 0.717) is 23.8 Å². The second-order valence-corrected chi connectivity index (χ2v) is 4.83. The summed E-state index contributed by atoms with van der Waals surface area (Å²) in [6.07, 6.45) is 4.17. The predicted molar refractivity (Wildman–Crippen MR) is 78.2 cm³/mol. The highest BCUT2D eigenvalue weighted by Gasteiger charge is 2.13. The lowest BCUT2D eigenvalue weighted by molar-refractivity contribution is -0.384. The van der Waals surface area contributed by atoms with Gasteiger partial charge in [-0.15, -0.1) is 0 Å². The highest BCUT2D eigenvalue weighted by atomic mass is 35.5. The first-order valence-electron chi connectivity index (χ1n) is 6.29. The number of hydrogen-bond acceptors (Lipinski definition) is 4. The Morgan fingerprint density at radius 2 is 2.30 bits per heavy atom. The molecule has 1 heterocycles. The van der Waals surface area contributed by atoms with Crippen molar-refractivity contribution >= 4 is 23.0 Å². The number of nitrogens with one attached hydrogen (secondary N) is 1. The van der Waals surface area contributed by atoms with E-state index in [2.05, 4.69) is 10.4 Å². The van der Waals surface area contributed by atoms with E-state index in [1.54, 1.807) is 29.2 Å². The second kappa shape index (κ2) is 6.38. The smallest absolute Gasteiger partial charge is 0.292 e. The van der Waals surface area contributed by atoms with Crippen LogP contribution in [0.25, 0.3) is 0 Å². The minimum absolute atomic E-state index is 0.0840. The quantitative estimate of drug-likeness (QED) is 0.655. The van der Waals surface area contributed by atoms with Crippen LogP contribution in [0.5, 0.6) is 0 Å². The molecule has 2 rings (SSSR count). The van der Waals surface area contributed by atoms with Crippen molar-refractivity contribution < 1.29 is 4.92 Å². The molecule has 0 amide bonds.